The lowest BCUT2D eigenvalue weighted by atomic mass is 10.1. The highest BCUT2D eigenvalue weighted by atomic mass is 32.1. The lowest BCUT2D eigenvalue weighted by Crippen LogP contribution is -2.44. The van der Waals surface area contributed by atoms with Crippen molar-refractivity contribution < 1.29 is 23.8 Å². The number of hydrazone groups is 2. The average Bonchev–Trinajstić information content (AvgIpc) is 3.25. The minimum atomic E-state index is -1.49. The number of thiophene rings is 1. The first-order valence-electron chi connectivity index (χ1n) is 11.7. The Morgan fingerprint density at radius 2 is 2.13 bits per heavy atom. The highest BCUT2D eigenvalue weighted by Gasteiger charge is 2.29. The van der Waals surface area contributed by atoms with E-state index < -0.39 is 35.2 Å². The van der Waals surface area contributed by atoms with E-state index in [9.17, 15) is 23.9 Å². The first-order chi connectivity index (χ1) is 18.6. The van der Waals surface area contributed by atoms with E-state index in [1.54, 1.807) is 13.8 Å². The van der Waals surface area contributed by atoms with E-state index in [0.717, 1.165) is 11.3 Å². The molecular weight excluding hydrogens is 531 g/mol. The fourth-order valence-electron chi connectivity index (χ4n) is 4.03. The first-order valence-corrected chi connectivity index (χ1v) is 12.5. The predicted molar refractivity (Wildman–Crippen MR) is 145 cm³/mol. The van der Waals surface area contributed by atoms with E-state index >= 15 is 0 Å². The molecule has 1 N–H and O–H groups in total. The van der Waals surface area contributed by atoms with Crippen LogP contribution < -0.4 is 21.1 Å². The standard InChI is InChI=1S/C25H27FN6O6S/c1-6-29-32(28-4)22-14(2)20-21(33)31(15(3)24(34)35)25(36)30(23(20)39-22)13-19(38-11-7-10-27)17-12-16(26)8-9-18(17)37-5/h6,8-9,12,15,19H,4,7,11,13H2,1-3,5H3,(H,34,35)/b29-6-/t15?,19-/m0/s1. The van der Waals surface area contributed by atoms with Crippen molar-refractivity contribution in [3.05, 3.63) is 56.0 Å². The fraction of sp³-hybridized carbons (Fsp3) is 0.360. The molecule has 0 spiro atoms. The van der Waals surface area contributed by atoms with Crippen LogP contribution in [0.4, 0.5) is 9.39 Å². The van der Waals surface area contributed by atoms with Crippen LogP contribution in [0.5, 0.6) is 5.75 Å². The van der Waals surface area contributed by atoms with Crippen LogP contribution in [0.1, 0.15) is 43.5 Å². The van der Waals surface area contributed by atoms with Crippen LogP contribution in [-0.2, 0) is 16.1 Å². The molecule has 0 aliphatic carbocycles. The van der Waals surface area contributed by atoms with Crippen LogP contribution in [0.25, 0.3) is 10.2 Å². The SMILES string of the molecule is C=NN(/N=C\C)c1sc2c(c1C)c(=O)n(C(C)C(=O)O)c(=O)n2C[C@H](OCCC#N)c1cc(F)ccc1OC. The number of rotatable bonds is 12. The van der Waals surface area contributed by atoms with Gasteiger partial charge in [0.15, 0.2) is 0 Å². The molecule has 2 aromatic heterocycles. The van der Waals surface area contributed by atoms with Crippen molar-refractivity contribution in [2.45, 2.75) is 45.9 Å². The summed E-state index contributed by atoms with van der Waals surface area (Å²) in [7, 11) is 1.39. The number of fused-ring (bicyclic) bond motifs is 1. The molecule has 0 fully saturated rings. The van der Waals surface area contributed by atoms with Crippen molar-refractivity contribution >= 4 is 45.5 Å². The number of anilines is 1. The zero-order valence-corrected chi connectivity index (χ0v) is 22.6. The number of halogens is 1. The number of methoxy groups -OCH3 is 1. The predicted octanol–water partition coefficient (Wildman–Crippen LogP) is 3.43. The molecule has 0 aliphatic rings. The number of carboxylic acids is 1. The molecule has 2 heterocycles. The van der Waals surface area contributed by atoms with Gasteiger partial charge in [0, 0.05) is 24.1 Å². The molecule has 14 heteroatoms. The summed E-state index contributed by atoms with van der Waals surface area (Å²) in [4.78, 5) is 39.3. The Labute approximate surface area is 226 Å². The van der Waals surface area contributed by atoms with Crippen LogP contribution in [0.15, 0.2) is 38.0 Å². The van der Waals surface area contributed by atoms with Crippen molar-refractivity contribution in [3.8, 4) is 11.8 Å². The van der Waals surface area contributed by atoms with Crippen LogP contribution in [0, 0.1) is 24.1 Å². The Bertz CT molecular complexity index is 1590. The molecule has 1 unspecified atom stereocenters. The Morgan fingerprint density at radius 1 is 1.41 bits per heavy atom. The second-order valence-corrected chi connectivity index (χ2v) is 9.23. The van der Waals surface area contributed by atoms with Gasteiger partial charge in [-0.05, 0) is 39.0 Å². The molecule has 39 heavy (non-hydrogen) atoms. The Kier molecular flexibility index (Phi) is 9.33. The Hall–Kier alpha value is -4.35. The second-order valence-electron chi connectivity index (χ2n) is 8.25. The summed E-state index contributed by atoms with van der Waals surface area (Å²) < 4.78 is 27.4. The number of benzene rings is 1. The third-order valence-electron chi connectivity index (χ3n) is 5.92. The second kappa shape index (κ2) is 12.5. The largest absolute Gasteiger partial charge is 0.496 e. The minimum Gasteiger partial charge on any atom is -0.496 e. The minimum absolute atomic E-state index is 0.0191. The molecule has 3 aromatic rings. The number of carboxylic acid groups (broad SMARTS) is 1. The molecule has 206 valence electrons. The quantitative estimate of drug-likeness (QED) is 0.202. The van der Waals surface area contributed by atoms with Crippen molar-refractivity contribution in [2.75, 3.05) is 18.8 Å². The number of carbonyl (C=O) groups is 1. The third kappa shape index (κ3) is 5.74. The zero-order valence-electron chi connectivity index (χ0n) is 21.8. The van der Waals surface area contributed by atoms with Gasteiger partial charge in [0.2, 0.25) is 0 Å². The van der Waals surface area contributed by atoms with Crippen LogP contribution in [-0.4, -0.2) is 46.9 Å². The molecule has 0 saturated heterocycles. The van der Waals surface area contributed by atoms with Gasteiger partial charge in [0.25, 0.3) is 5.56 Å². The molecule has 0 radical (unpaired) electrons. The van der Waals surface area contributed by atoms with E-state index in [1.807, 2.05) is 6.07 Å². The zero-order chi connectivity index (χ0) is 28.9. The molecule has 2 atom stereocenters. The molecule has 3 rings (SSSR count). The van der Waals surface area contributed by atoms with Gasteiger partial charge in [-0.3, -0.25) is 9.36 Å². The monoisotopic (exact) mass is 558 g/mol. The number of aryl methyl sites for hydroxylation is 1. The highest BCUT2D eigenvalue weighted by Crippen LogP contribution is 2.37. The summed E-state index contributed by atoms with van der Waals surface area (Å²) in [6, 6.07) is 4.27. The molecule has 12 nitrogen and oxygen atoms in total. The lowest BCUT2D eigenvalue weighted by molar-refractivity contribution is -0.140. The Morgan fingerprint density at radius 3 is 2.72 bits per heavy atom. The number of ether oxygens (including phenoxy) is 2. The van der Waals surface area contributed by atoms with E-state index in [1.165, 1.54) is 48.1 Å². The van der Waals surface area contributed by atoms with Gasteiger partial charge < -0.3 is 14.6 Å². The number of aromatic nitrogens is 2. The van der Waals surface area contributed by atoms with Crippen LogP contribution in [0.3, 0.4) is 0 Å². The smallest absolute Gasteiger partial charge is 0.333 e. The maximum atomic E-state index is 14.3. The number of nitrogens with zero attached hydrogens (tertiary/aromatic N) is 6. The summed E-state index contributed by atoms with van der Waals surface area (Å²) in [5, 5.41) is 28.3. The normalized spacial score (nSPS) is 12.8. The number of hydrogen-bond acceptors (Lipinski definition) is 10. The van der Waals surface area contributed by atoms with Crippen molar-refractivity contribution in [1.82, 2.24) is 9.13 Å². The summed E-state index contributed by atoms with van der Waals surface area (Å²) in [6.07, 6.45) is 0.473. The van der Waals surface area contributed by atoms with Crippen molar-refractivity contribution in [3.63, 3.8) is 0 Å². The van der Waals surface area contributed by atoms with Gasteiger partial charge >= 0.3 is 11.7 Å². The molecule has 0 saturated carbocycles. The van der Waals surface area contributed by atoms with Gasteiger partial charge in [-0.1, -0.05) is 11.3 Å². The molecule has 1 aromatic carbocycles. The molecule has 0 aliphatic heterocycles. The van der Waals surface area contributed by atoms with Gasteiger partial charge in [0.05, 0.1) is 38.1 Å². The lowest BCUT2D eigenvalue weighted by Gasteiger charge is -2.23. The van der Waals surface area contributed by atoms with E-state index in [2.05, 4.69) is 16.9 Å². The number of aliphatic carboxylic acids is 1. The number of nitriles is 1. The maximum Gasteiger partial charge on any atom is 0.333 e. The van der Waals surface area contributed by atoms with Gasteiger partial charge in [-0.2, -0.15) is 15.5 Å². The topological polar surface area (TPSA) is 152 Å². The van der Waals surface area contributed by atoms with Crippen LogP contribution >= 0.6 is 11.3 Å². The summed E-state index contributed by atoms with van der Waals surface area (Å²) in [5.74, 6) is -1.69. The fourth-order valence-corrected chi connectivity index (χ4v) is 5.26. The first kappa shape index (κ1) is 29.2. The van der Waals surface area contributed by atoms with Crippen molar-refractivity contribution in [2.24, 2.45) is 10.2 Å². The average molecular weight is 559 g/mol. The van der Waals surface area contributed by atoms with Gasteiger partial charge in [-0.25, -0.2) is 18.5 Å². The summed E-state index contributed by atoms with van der Waals surface area (Å²) >= 11 is 1.03. The van der Waals surface area contributed by atoms with E-state index in [-0.39, 0.29) is 41.1 Å². The molecule has 0 bridgehead atoms. The maximum absolute atomic E-state index is 14.3. The van der Waals surface area contributed by atoms with E-state index in [4.69, 9.17) is 14.7 Å². The number of hydrogen-bond donors (Lipinski definition) is 1. The summed E-state index contributed by atoms with van der Waals surface area (Å²) in [5.41, 5.74) is -1.03. The van der Waals surface area contributed by atoms with Gasteiger partial charge in [0.1, 0.15) is 33.5 Å². The molecule has 0 amide bonds. The van der Waals surface area contributed by atoms with E-state index in [0.29, 0.717) is 15.1 Å². The van der Waals surface area contributed by atoms with Crippen LogP contribution in [0.2, 0.25) is 0 Å². The van der Waals surface area contributed by atoms with Gasteiger partial charge in [-0.15, -0.1) is 5.12 Å². The Balaban J connectivity index is 2.38. The highest BCUT2D eigenvalue weighted by molar-refractivity contribution is 7.22. The molecular formula is C25H27FN6O6S. The third-order valence-corrected chi connectivity index (χ3v) is 7.20. The summed E-state index contributed by atoms with van der Waals surface area (Å²) in [6.45, 7) is 7.70. The van der Waals surface area contributed by atoms with Crippen molar-refractivity contribution in [1.29, 1.82) is 5.26 Å².